The van der Waals surface area contributed by atoms with Crippen LogP contribution in [0.25, 0.3) is 11.1 Å². The van der Waals surface area contributed by atoms with Crippen molar-refractivity contribution < 1.29 is 14.3 Å². The van der Waals surface area contributed by atoms with Crippen molar-refractivity contribution in [2.75, 3.05) is 6.54 Å². The molecule has 29 heavy (non-hydrogen) atoms. The molecular weight excluding hydrogens is 362 g/mol. The third kappa shape index (κ3) is 4.06. The lowest BCUT2D eigenvalue weighted by molar-refractivity contribution is -0.139. The molecule has 146 valence electrons. The van der Waals surface area contributed by atoms with Crippen LogP contribution in [-0.4, -0.2) is 23.3 Å². The number of likely N-dealkylation sites (tertiary alicyclic amines) is 1. The van der Waals surface area contributed by atoms with Gasteiger partial charge >= 0.3 is 5.97 Å². The highest BCUT2D eigenvalue weighted by molar-refractivity contribution is 5.88. The van der Waals surface area contributed by atoms with Crippen LogP contribution in [0, 0.1) is 5.92 Å². The minimum atomic E-state index is -0.461. The first kappa shape index (κ1) is 18.9. The third-order valence-corrected chi connectivity index (χ3v) is 5.42. The van der Waals surface area contributed by atoms with Crippen LogP contribution >= 0.6 is 0 Å². The van der Waals surface area contributed by atoms with Gasteiger partial charge in [0.1, 0.15) is 5.75 Å². The zero-order valence-corrected chi connectivity index (χ0v) is 16.3. The van der Waals surface area contributed by atoms with E-state index in [1.807, 2.05) is 85.8 Å². The van der Waals surface area contributed by atoms with E-state index >= 15 is 0 Å². The Kier molecular flexibility index (Phi) is 5.43. The lowest BCUT2D eigenvalue weighted by atomic mass is 10.0. The predicted octanol–water partition coefficient (Wildman–Crippen LogP) is 4.87. The van der Waals surface area contributed by atoms with E-state index in [0.717, 1.165) is 16.7 Å². The van der Waals surface area contributed by atoms with Crippen molar-refractivity contribution in [2.24, 2.45) is 5.92 Å². The van der Waals surface area contributed by atoms with Gasteiger partial charge in [-0.2, -0.15) is 0 Å². The van der Waals surface area contributed by atoms with Crippen LogP contribution in [0.3, 0.4) is 0 Å². The fourth-order valence-corrected chi connectivity index (χ4v) is 3.78. The maximum absolute atomic E-state index is 12.8. The molecule has 0 bridgehead atoms. The van der Waals surface area contributed by atoms with Gasteiger partial charge in [-0.15, -0.1) is 0 Å². The van der Waals surface area contributed by atoms with Crippen molar-refractivity contribution in [3.05, 3.63) is 90.5 Å². The first-order valence-corrected chi connectivity index (χ1v) is 9.84. The Labute approximate surface area is 170 Å². The fourth-order valence-electron chi connectivity index (χ4n) is 3.78. The van der Waals surface area contributed by atoms with Crippen molar-refractivity contribution in [1.82, 2.24) is 4.90 Å². The number of benzene rings is 3. The summed E-state index contributed by atoms with van der Waals surface area (Å²) in [5.74, 6) is -0.313. The molecule has 0 spiro atoms. The quantitative estimate of drug-likeness (QED) is 0.465. The van der Waals surface area contributed by atoms with Gasteiger partial charge in [0, 0.05) is 18.5 Å². The highest BCUT2D eigenvalue weighted by Gasteiger charge is 2.38. The number of ether oxygens (including phenoxy) is 1. The maximum Gasteiger partial charge on any atom is 0.316 e. The zero-order valence-electron chi connectivity index (χ0n) is 16.3. The number of nitrogens with zero attached hydrogens (tertiary/aromatic N) is 1. The molecule has 1 saturated heterocycles. The van der Waals surface area contributed by atoms with Crippen molar-refractivity contribution in [3.8, 4) is 16.9 Å². The molecule has 0 N–H and O–H groups in total. The molecule has 4 heteroatoms. The molecule has 4 nitrogen and oxygen atoms in total. The average Bonchev–Trinajstić information content (AvgIpc) is 3.16. The van der Waals surface area contributed by atoms with Crippen molar-refractivity contribution in [1.29, 1.82) is 0 Å². The van der Waals surface area contributed by atoms with E-state index in [4.69, 9.17) is 4.74 Å². The molecule has 1 amide bonds. The molecule has 1 fully saturated rings. The summed E-state index contributed by atoms with van der Waals surface area (Å²) in [4.78, 5) is 27.2. The van der Waals surface area contributed by atoms with E-state index in [1.165, 1.54) is 0 Å². The number of rotatable bonds is 5. The van der Waals surface area contributed by atoms with E-state index in [1.54, 1.807) is 11.0 Å². The molecule has 0 unspecified atom stereocenters. The van der Waals surface area contributed by atoms with E-state index < -0.39 is 5.92 Å². The molecule has 3 aromatic carbocycles. The number of carbonyl (C=O) groups is 2. The van der Waals surface area contributed by atoms with E-state index in [2.05, 4.69) is 0 Å². The van der Waals surface area contributed by atoms with Gasteiger partial charge in [-0.25, -0.2) is 0 Å². The number of esters is 1. The lowest BCUT2D eigenvalue weighted by Crippen LogP contribution is -2.30. The Balaban J connectivity index is 1.49. The second-order valence-electron chi connectivity index (χ2n) is 7.32. The summed E-state index contributed by atoms with van der Waals surface area (Å²) >= 11 is 0. The van der Waals surface area contributed by atoms with Crippen LogP contribution in [0.1, 0.15) is 24.9 Å². The molecule has 0 radical (unpaired) electrons. The molecule has 3 aromatic rings. The van der Waals surface area contributed by atoms with Crippen LogP contribution in [0.5, 0.6) is 5.75 Å². The Morgan fingerprint density at radius 3 is 2.28 bits per heavy atom. The first-order chi connectivity index (χ1) is 14.1. The van der Waals surface area contributed by atoms with E-state index in [-0.39, 0.29) is 24.3 Å². The minimum absolute atomic E-state index is 0.0142. The Hall–Kier alpha value is -3.40. The summed E-state index contributed by atoms with van der Waals surface area (Å²) in [6.07, 6.45) is 0.184. The summed E-state index contributed by atoms with van der Waals surface area (Å²) in [7, 11) is 0. The van der Waals surface area contributed by atoms with Crippen LogP contribution in [0.15, 0.2) is 84.9 Å². The smallest absolute Gasteiger partial charge is 0.316 e. The first-order valence-electron chi connectivity index (χ1n) is 9.84. The molecule has 4 rings (SSSR count). The van der Waals surface area contributed by atoms with Crippen LogP contribution in [0.4, 0.5) is 0 Å². The Bertz CT molecular complexity index is 1000. The Morgan fingerprint density at radius 1 is 0.931 bits per heavy atom. The fraction of sp³-hybridized carbons (Fsp3) is 0.200. The van der Waals surface area contributed by atoms with Crippen LogP contribution in [0.2, 0.25) is 0 Å². The molecule has 0 saturated carbocycles. The Morgan fingerprint density at radius 2 is 1.55 bits per heavy atom. The number of hydrogen-bond donors (Lipinski definition) is 0. The number of para-hydroxylation sites is 1. The lowest BCUT2D eigenvalue weighted by Gasteiger charge is -2.25. The molecule has 1 heterocycles. The molecule has 0 aromatic heterocycles. The summed E-state index contributed by atoms with van der Waals surface area (Å²) in [5, 5.41) is 0. The van der Waals surface area contributed by atoms with E-state index in [9.17, 15) is 9.59 Å². The highest BCUT2D eigenvalue weighted by Crippen LogP contribution is 2.32. The average molecular weight is 385 g/mol. The van der Waals surface area contributed by atoms with Gasteiger partial charge in [-0.1, -0.05) is 78.9 Å². The van der Waals surface area contributed by atoms with Crippen molar-refractivity contribution in [3.63, 3.8) is 0 Å². The standard InChI is InChI=1S/C25H23NO3/c1-18(19-10-4-2-5-11-19)26-17-21(16-24(26)27)25(28)29-23-15-9-8-14-22(23)20-12-6-3-7-13-20/h2-15,18,21H,16-17H2,1H3/t18-,21+/m1/s1. The SMILES string of the molecule is C[C@H](c1ccccc1)N1C[C@@H](C(=O)Oc2ccccc2-c2ccccc2)CC1=O. The van der Waals surface area contributed by atoms with Gasteiger partial charge < -0.3 is 9.64 Å². The predicted molar refractivity (Wildman–Crippen MR) is 112 cm³/mol. The van der Waals surface area contributed by atoms with Crippen LogP contribution < -0.4 is 4.74 Å². The zero-order chi connectivity index (χ0) is 20.2. The highest BCUT2D eigenvalue weighted by atomic mass is 16.5. The van der Waals surface area contributed by atoms with Crippen molar-refractivity contribution >= 4 is 11.9 Å². The van der Waals surface area contributed by atoms with Gasteiger partial charge in [0.15, 0.2) is 0 Å². The monoisotopic (exact) mass is 385 g/mol. The molecule has 1 aliphatic heterocycles. The molecule has 1 aliphatic rings. The van der Waals surface area contributed by atoms with Gasteiger partial charge in [0.05, 0.1) is 12.0 Å². The minimum Gasteiger partial charge on any atom is -0.426 e. The summed E-state index contributed by atoms with van der Waals surface area (Å²) in [6, 6.07) is 27.1. The second kappa shape index (κ2) is 8.31. The van der Waals surface area contributed by atoms with E-state index in [0.29, 0.717) is 12.3 Å². The second-order valence-corrected chi connectivity index (χ2v) is 7.32. The summed E-state index contributed by atoms with van der Waals surface area (Å²) < 4.78 is 5.75. The third-order valence-electron chi connectivity index (χ3n) is 5.42. The van der Waals surface area contributed by atoms with Crippen molar-refractivity contribution in [2.45, 2.75) is 19.4 Å². The van der Waals surface area contributed by atoms with Crippen LogP contribution in [-0.2, 0) is 9.59 Å². The number of carbonyl (C=O) groups excluding carboxylic acids is 2. The largest absolute Gasteiger partial charge is 0.426 e. The topological polar surface area (TPSA) is 46.6 Å². The number of hydrogen-bond acceptors (Lipinski definition) is 3. The molecule has 0 aliphatic carbocycles. The van der Waals surface area contributed by atoms with Gasteiger partial charge in [0.25, 0.3) is 0 Å². The summed E-state index contributed by atoms with van der Waals surface area (Å²) in [6.45, 7) is 2.37. The molecular formula is C25H23NO3. The van der Waals surface area contributed by atoms with Gasteiger partial charge in [-0.05, 0) is 24.1 Å². The maximum atomic E-state index is 12.8. The van der Waals surface area contributed by atoms with Gasteiger partial charge in [0.2, 0.25) is 5.91 Å². The molecule has 2 atom stereocenters. The normalized spacial score (nSPS) is 17.2. The van der Waals surface area contributed by atoms with Gasteiger partial charge in [-0.3, -0.25) is 9.59 Å². The number of amides is 1. The summed E-state index contributed by atoms with van der Waals surface area (Å²) in [5.41, 5.74) is 2.90.